The van der Waals surface area contributed by atoms with Crippen molar-refractivity contribution >= 4 is 12.0 Å². The molecule has 0 bridgehead atoms. The highest BCUT2D eigenvalue weighted by molar-refractivity contribution is 5.88. The van der Waals surface area contributed by atoms with E-state index < -0.39 is 5.97 Å². The minimum Gasteiger partial charge on any atom is -0.489 e. The fourth-order valence-electron chi connectivity index (χ4n) is 2.74. The Kier molecular flexibility index (Phi) is 7.02. The van der Waals surface area contributed by atoms with Gasteiger partial charge in [0.15, 0.2) is 0 Å². The summed E-state index contributed by atoms with van der Waals surface area (Å²) in [6.45, 7) is 2.67. The molecule has 0 aromatic heterocycles. The second-order valence-corrected chi connectivity index (χ2v) is 6.49. The SMILES string of the molecule is CCCc1ccc(OC(=O)/C=C/c2ccc(OCc3ccccc3)cc2)cc1. The third-order valence-electron chi connectivity index (χ3n) is 4.22. The summed E-state index contributed by atoms with van der Waals surface area (Å²) in [6, 6.07) is 25.3. The van der Waals surface area contributed by atoms with Crippen LogP contribution in [0.15, 0.2) is 84.9 Å². The van der Waals surface area contributed by atoms with Gasteiger partial charge in [-0.15, -0.1) is 0 Å². The van der Waals surface area contributed by atoms with Gasteiger partial charge in [-0.1, -0.05) is 67.9 Å². The molecular formula is C25H24O3. The highest BCUT2D eigenvalue weighted by Crippen LogP contribution is 2.16. The van der Waals surface area contributed by atoms with E-state index in [0.717, 1.165) is 29.7 Å². The number of hydrogen-bond acceptors (Lipinski definition) is 3. The Labute approximate surface area is 166 Å². The van der Waals surface area contributed by atoms with E-state index in [4.69, 9.17) is 9.47 Å². The van der Waals surface area contributed by atoms with Crippen molar-refractivity contribution < 1.29 is 14.3 Å². The zero-order valence-corrected chi connectivity index (χ0v) is 16.0. The van der Waals surface area contributed by atoms with Crippen LogP contribution in [-0.2, 0) is 17.8 Å². The average molecular weight is 372 g/mol. The molecule has 0 saturated carbocycles. The summed E-state index contributed by atoms with van der Waals surface area (Å²) in [4.78, 5) is 12.0. The molecule has 0 aliphatic heterocycles. The van der Waals surface area contributed by atoms with Crippen molar-refractivity contribution in [3.05, 3.63) is 102 Å². The number of carbonyl (C=O) groups is 1. The first kappa shape index (κ1) is 19.4. The molecular weight excluding hydrogens is 348 g/mol. The van der Waals surface area contributed by atoms with E-state index in [1.807, 2.05) is 78.9 Å². The van der Waals surface area contributed by atoms with Crippen molar-refractivity contribution in [2.75, 3.05) is 0 Å². The lowest BCUT2D eigenvalue weighted by molar-refractivity contribution is -0.128. The molecule has 0 heterocycles. The highest BCUT2D eigenvalue weighted by Gasteiger charge is 2.01. The van der Waals surface area contributed by atoms with Gasteiger partial charge in [0, 0.05) is 6.08 Å². The molecule has 0 N–H and O–H groups in total. The summed E-state index contributed by atoms with van der Waals surface area (Å²) in [5.41, 5.74) is 3.27. The lowest BCUT2D eigenvalue weighted by Gasteiger charge is -2.06. The monoisotopic (exact) mass is 372 g/mol. The minimum atomic E-state index is -0.396. The predicted octanol–water partition coefficient (Wildman–Crippen LogP) is 5.84. The van der Waals surface area contributed by atoms with Crippen molar-refractivity contribution in [3.63, 3.8) is 0 Å². The molecule has 3 heteroatoms. The van der Waals surface area contributed by atoms with Gasteiger partial charge in [0.25, 0.3) is 0 Å². The Morgan fingerprint density at radius 2 is 1.50 bits per heavy atom. The molecule has 28 heavy (non-hydrogen) atoms. The van der Waals surface area contributed by atoms with Crippen LogP contribution in [0.25, 0.3) is 6.08 Å². The van der Waals surface area contributed by atoms with Crippen LogP contribution in [0.1, 0.15) is 30.0 Å². The van der Waals surface area contributed by atoms with E-state index in [2.05, 4.69) is 6.92 Å². The van der Waals surface area contributed by atoms with Crippen LogP contribution in [0, 0.1) is 0 Å². The number of esters is 1. The normalized spacial score (nSPS) is 10.8. The quantitative estimate of drug-likeness (QED) is 0.283. The van der Waals surface area contributed by atoms with Gasteiger partial charge in [0.05, 0.1) is 0 Å². The zero-order chi connectivity index (χ0) is 19.6. The Bertz CT molecular complexity index is 895. The van der Waals surface area contributed by atoms with Crippen molar-refractivity contribution in [1.29, 1.82) is 0 Å². The lowest BCUT2D eigenvalue weighted by Crippen LogP contribution is -2.03. The molecule has 3 nitrogen and oxygen atoms in total. The van der Waals surface area contributed by atoms with E-state index in [9.17, 15) is 4.79 Å². The van der Waals surface area contributed by atoms with Crippen LogP contribution in [0.4, 0.5) is 0 Å². The van der Waals surface area contributed by atoms with Crippen molar-refractivity contribution in [1.82, 2.24) is 0 Å². The molecule has 3 rings (SSSR count). The van der Waals surface area contributed by atoms with Crippen molar-refractivity contribution in [3.8, 4) is 11.5 Å². The third-order valence-corrected chi connectivity index (χ3v) is 4.22. The Morgan fingerprint density at radius 1 is 0.821 bits per heavy atom. The molecule has 0 spiro atoms. The first-order valence-corrected chi connectivity index (χ1v) is 9.48. The second kappa shape index (κ2) is 10.1. The maximum atomic E-state index is 12.0. The van der Waals surface area contributed by atoms with Crippen LogP contribution in [0.2, 0.25) is 0 Å². The number of carbonyl (C=O) groups excluding carboxylic acids is 1. The first-order chi connectivity index (χ1) is 13.7. The van der Waals surface area contributed by atoms with Gasteiger partial charge in [-0.3, -0.25) is 0 Å². The molecule has 0 aliphatic rings. The van der Waals surface area contributed by atoms with Crippen LogP contribution in [0.5, 0.6) is 11.5 Å². The maximum absolute atomic E-state index is 12.0. The highest BCUT2D eigenvalue weighted by atomic mass is 16.5. The van der Waals surface area contributed by atoms with E-state index in [1.165, 1.54) is 11.6 Å². The molecule has 3 aromatic rings. The number of benzene rings is 3. The van der Waals surface area contributed by atoms with Crippen LogP contribution >= 0.6 is 0 Å². The summed E-state index contributed by atoms with van der Waals surface area (Å²) in [5.74, 6) is 0.947. The smallest absolute Gasteiger partial charge is 0.336 e. The van der Waals surface area contributed by atoms with Gasteiger partial charge in [0.1, 0.15) is 18.1 Å². The Morgan fingerprint density at radius 3 is 2.18 bits per heavy atom. The summed E-state index contributed by atoms with van der Waals surface area (Å²) in [5, 5.41) is 0. The first-order valence-electron chi connectivity index (χ1n) is 9.48. The van der Waals surface area contributed by atoms with Crippen LogP contribution in [-0.4, -0.2) is 5.97 Å². The number of aryl methyl sites for hydroxylation is 1. The minimum absolute atomic E-state index is 0.396. The maximum Gasteiger partial charge on any atom is 0.336 e. The molecule has 0 saturated heterocycles. The van der Waals surface area contributed by atoms with E-state index >= 15 is 0 Å². The Hall–Kier alpha value is -3.33. The third kappa shape index (κ3) is 6.13. The second-order valence-electron chi connectivity index (χ2n) is 6.49. The van der Waals surface area contributed by atoms with Crippen LogP contribution < -0.4 is 9.47 Å². The Balaban J connectivity index is 1.50. The van der Waals surface area contributed by atoms with Gasteiger partial charge >= 0.3 is 5.97 Å². The summed E-state index contributed by atoms with van der Waals surface area (Å²) >= 11 is 0. The van der Waals surface area contributed by atoms with Gasteiger partial charge in [-0.25, -0.2) is 4.79 Å². The van der Waals surface area contributed by atoms with Gasteiger partial charge < -0.3 is 9.47 Å². The summed E-state index contributed by atoms with van der Waals surface area (Å²) in [7, 11) is 0. The molecule has 0 radical (unpaired) electrons. The average Bonchev–Trinajstić information content (AvgIpc) is 2.74. The van der Waals surface area contributed by atoms with Crippen molar-refractivity contribution in [2.45, 2.75) is 26.4 Å². The summed E-state index contributed by atoms with van der Waals surface area (Å²) in [6.07, 6.45) is 5.28. The van der Waals surface area contributed by atoms with Gasteiger partial charge in [0.2, 0.25) is 0 Å². The van der Waals surface area contributed by atoms with Crippen LogP contribution in [0.3, 0.4) is 0 Å². The van der Waals surface area contributed by atoms with E-state index in [0.29, 0.717) is 12.4 Å². The molecule has 142 valence electrons. The summed E-state index contributed by atoms with van der Waals surface area (Å²) < 4.78 is 11.1. The van der Waals surface area contributed by atoms with E-state index in [-0.39, 0.29) is 0 Å². The molecule has 0 amide bonds. The topological polar surface area (TPSA) is 35.5 Å². The zero-order valence-electron chi connectivity index (χ0n) is 16.0. The largest absolute Gasteiger partial charge is 0.489 e. The molecule has 3 aromatic carbocycles. The number of hydrogen-bond donors (Lipinski definition) is 0. The van der Waals surface area contributed by atoms with Gasteiger partial charge in [-0.05, 0) is 53.5 Å². The molecule has 0 atom stereocenters. The number of rotatable bonds is 8. The lowest BCUT2D eigenvalue weighted by atomic mass is 10.1. The fourth-order valence-corrected chi connectivity index (χ4v) is 2.74. The fraction of sp³-hybridized carbons (Fsp3) is 0.160. The van der Waals surface area contributed by atoms with E-state index in [1.54, 1.807) is 6.08 Å². The predicted molar refractivity (Wildman–Crippen MR) is 112 cm³/mol. The molecule has 0 fully saturated rings. The number of ether oxygens (including phenoxy) is 2. The van der Waals surface area contributed by atoms with Crippen molar-refractivity contribution in [2.24, 2.45) is 0 Å². The molecule has 0 aliphatic carbocycles. The standard InChI is InChI=1S/C25H24O3/c1-2-6-20-11-16-24(17-12-20)28-25(26)18-13-21-9-14-23(15-10-21)27-19-22-7-4-3-5-8-22/h3-5,7-18H,2,6,19H2,1H3/b18-13+. The molecule has 0 unspecified atom stereocenters. The van der Waals surface area contributed by atoms with Gasteiger partial charge in [-0.2, -0.15) is 0 Å².